The first-order valence-electron chi connectivity index (χ1n) is 6.52. The number of hydrogen-bond acceptors (Lipinski definition) is 3. The Morgan fingerprint density at radius 3 is 2.76 bits per heavy atom. The molecule has 3 nitrogen and oxygen atoms in total. The molecule has 17 heavy (non-hydrogen) atoms. The van der Waals surface area contributed by atoms with Gasteiger partial charge in [-0.25, -0.2) is 0 Å². The van der Waals surface area contributed by atoms with Gasteiger partial charge in [0.05, 0.1) is 11.7 Å². The summed E-state index contributed by atoms with van der Waals surface area (Å²) in [6, 6.07) is 5.26. The van der Waals surface area contributed by atoms with E-state index in [1.54, 1.807) is 0 Å². The minimum atomic E-state index is 0.403. The van der Waals surface area contributed by atoms with E-state index >= 15 is 0 Å². The number of rotatable bonds is 3. The lowest BCUT2D eigenvalue weighted by atomic mass is 9.96. The minimum absolute atomic E-state index is 0.403. The van der Waals surface area contributed by atoms with Gasteiger partial charge in [0.15, 0.2) is 0 Å². The van der Waals surface area contributed by atoms with Gasteiger partial charge in [0.25, 0.3) is 0 Å². The van der Waals surface area contributed by atoms with Gasteiger partial charge in [-0.05, 0) is 57.8 Å². The molecule has 1 fully saturated rings. The first-order valence-corrected chi connectivity index (χ1v) is 6.52. The largest absolute Gasteiger partial charge is 0.330 e. The van der Waals surface area contributed by atoms with Crippen LogP contribution in [0.5, 0.6) is 0 Å². The second-order valence-corrected chi connectivity index (χ2v) is 5.32. The Kier molecular flexibility index (Phi) is 3.79. The maximum Gasteiger partial charge on any atom is 0.0579 e. The van der Waals surface area contributed by atoms with Crippen LogP contribution in [0.1, 0.15) is 37.6 Å². The van der Waals surface area contributed by atoms with Crippen molar-refractivity contribution in [2.75, 3.05) is 13.1 Å². The zero-order valence-electron chi connectivity index (χ0n) is 11.1. The second kappa shape index (κ2) is 5.15. The molecule has 0 aliphatic carbocycles. The molecule has 0 radical (unpaired) electrons. The highest BCUT2D eigenvalue weighted by atomic mass is 15.2. The smallest absolute Gasteiger partial charge is 0.0579 e. The maximum atomic E-state index is 5.90. The summed E-state index contributed by atoms with van der Waals surface area (Å²) in [5.41, 5.74) is 8.29. The van der Waals surface area contributed by atoms with Gasteiger partial charge in [-0.1, -0.05) is 6.07 Å². The summed E-state index contributed by atoms with van der Waals surface area (Å²) in [6.07, 6.45) is 3.15. The number of nitrogens with two attached hydrogens (primary N) is 1. The highest BCUT2D eigenvalue weighted by Gasteiger charge is 2.36. The van der Waals surface area contributed by atoms with Crippen LogP contribution in [0.25, 0.3) is 0 Å². The van der Waals surface area contributed by atoms with Crippen molar-refractivity contribution in [2.24, 2.45) is 11.7 Å². The molecule has 94 valence electrons. The molecule has 1 aliphatic heterocycles. The summed E-state index contributed by atoms with van der Waals surface area (Å²) in [5.74, 6) is 0.549. The van der Waals surface area contributed by atoms with Crippen LogP contribution in [0.4, 0.5) is 0 Å². The molecule has 2 N–H and O–H groups in total. The molecule has 1 aromatic rings. The van der Waals surface area contributed by atoms with Crippen LogP contribution < -0.4 is 5.73 Å². The van der Waals surface area contributed by atoms with E-state index in [4.69, 9.17) is 5.73 Å². The normalized spacial score (nSPS) is 25.7. The van der Waals surface area contributed by atoms with Crippen LogP contribution in [-0.4, -0.2) is 29.0 Å². The van der Waals surface area contributed by atoms with Gasteiger partial charge in [0.1, 0.15) is 0 Å². The van der Waals surface area contributed by atoms with Crippen LogP contribution in [-0.2, 0) is 0 Å². The third-order valence-corrected chi connectivity index (χ3v) is 3.77. The first kappa shape index (κ1) is 12.5. The Balaban J connectivity index is 2.27. The van der Waals surface area contributed by atoms with Gasteiger partial charge in [-0.2, -0.15) is 0 Å². The first-order chi connectivity index (χ1) is 8.13. The number of aromatic nitrogens is 1. The van der Waals surface area contributed by atoms with Gasteiger partial charge < -0.3 is 5.73 Å². The van der Waals surface area contributed by atoms with E-state index in [-0.39, 0.29) is 0 Å². The van der Waals surface area contributed by atoms with Crippen molar-refractivity contribution in [2.45, 2.75) is 39.3 Å². The molecule has 2 heterocycles. The van der Waals surface area contributed by atoms with Crippen LogP contribution in [0.2, 0.25) is 0 Å². The fourth-order valence-electron chi connectivity index (χ4n) is 2.77. The third kappa shape index (κ3) is 2.50. The molecule has 0 amide bonds. The van der Waals surface area contributed by atoms with Crippen molar-refractivity contribution in [3.63, 3.8) is 0 Å². The van der Waals surface area contributed by atoms with Gasteiger partial charge in [-0.15, -0.1) is 0 Å². The molecule has 2 rings (SSSR count). The molecule has 0 bridgehead atoms. The minimum Gasteiger partial charge on any atom is -0.330 e. The monoisotopic (exact) mass is 233 g/mol. The quantitative estimate of drug-likeness (QED) is 0.869. The molecular weight excluding hydrogens is 210 g/mol. The Morgan fingerprint density at radius 2 is 2.24 bits per heavy atom. The van der Waals surface area contributed by atoms with E-state index in [2.05, 4.69) is 42.8 Å². The molecule has 2 atom stereocenters. The van der Waals surface area contributed by atoms with Gasteiger partial charge >= 0.3 is 0 Å². The lowest BCUT2D eigenvalue weighted by Gasteiger charge is -2.30. The molecule has 3 heteroatoms. The van der Waals surface area contributed by atoms with Crippen molar-refractivity contribution in [3.05, 3.63) is 29.6 Å². The summed E-state index contributed by atoms with van der Waals surface area (Å²) in [5, 5.41) is 0. The number of likely N-dealkylation sites (tertiary alicyclic amines) is 1. The van der Waals surface area contributed by atoms with E-state index in [0.29, 0.717) is 18.0 Å². The Labute approximate surface area is 104 Å². The molecule has 1 aliphatic rings. The zero-order chi connectivity index (χ0) is 12.4. The number of pyridine rings is 1. The van der Waals surface area contributed by atoms with Gasteiger partial charge in [0, 0.05) is 12.2 Å². The number of nitrogens with zero attached hydrogens (tertiary/aromatic N) is 2. The number of hydrogen-bond donors (Lipinski definition) is 1. The Morgan fingerprint density at radius 1 is 1.47 bits per heavy atom. The third-order valence-electron chi connectivity index (χ3n) is 3.77. The average Bonchev–Trinajstić information content (AvgIpc) is 2.73. The SMILES string of the molecule is Cc1ccc(C2C(CN)CCN2C(C)C)nc1. The lowest BCUT2D eigenvalue weighted by Crippen LogP contribution is -2.33. The summed E-state index contributed by atoms with van der Waals surface area (Å²) < 4.78 is 0. The highest BCUT2D eigenvalue weighted by molar-refractivity contribution is 5.17. The summed E-state index contributed by atoms with van der Waals surface area (Å²) >= 11 is 0. The number of aryl methyl sites for hydroxylation is 1. The predicted octanol–water partition coefficient (Wildman–Crippen LogP) is 2.12. The molecule has 0 spiro atoms. The van der Waals surface area contributed by atoms with Crippen LogP contribution in [0.15, 0.2) is 18.3 Å². The van der Waals surface area contributed by atoms with Crippen LogP contribution in [0.3, 0.4) is 0 Å². The summed E-state index contributed by atoms with van der Waals surface area (Å²) in [4.78, 5) is 7.12. The van der Waals surface area contributed by atoms with Crippen molar-refractivity contribution in [1.82, 2.24) is 9.88 Å². The van der Waals surface area contributed by atoms with E-state index in [1.165, 1.54) is 17.7 Å². The Bertz CT molecular complexity index is 358. The van der Waals surface area contributed by atoms with Crippen molar-refractivity contribution >= 4 is 0 Å². The zero-order valence-corrected chi connectivity index (χ0v) is 11.1. The molecule has 0 aromatic carbocycles. The van der Waals surface area contributed by atoms with Gasteiger partial charge in [0.2, 0.25) is 0 Å². The highest BCUT2D eigenvalue weighted by Crippen LogP contribution is 2.36. The topological polar surface area (TPSA) is 42.1 Å². The Hall–Kier alpha value is -0.930. The molecule has 1 aromatic heterocycles. The average molecular weight is 233 g/mol. The van der Waals surface area contributed by atoms with E-state index in [0.717, 1.165) is 13.1 Å². The van der Waals surface area contributed by atoms with Crippen molar-refractivity contribution in [1.29, 1.82) is 0 Å². The van der Waals surface area contributed by atoms with E-state index in [9.17, 15) is 0 Å². The maximum absolute atomic E-state index is 5.90. The summed E-state index contributed by atoms with van der Waals surface area (Å²) in [7, 11) is 0. The summed E-state index contributed by atoms with van der Waals surface area (Å²) in [6.45, 7) is 8.47. The molecule has 0 saturated carbocycles. The second-order valence-electron chi connectivity index (χ2n) is 5.32. The fourth-order valence-corrected chi connectivity index (χ4v) is 2.77. The predicted molar refractivity (Wildman–Crippen MR) is 70.7 cm³/mol. The van der Waals surface area contributed by atoms with Gasteiger partial charge in [-0.3, -0.25) is 9.88 Å². The van der Waals surface area contributed by atoms with Crippen LogP contribution >= 0.6 is 0 Å². The van der Waals surface area contributed by atoms with E-state index < -0.39 is 0 Å². The molecule has 2 unspecified atom stereocenters. The van der Waals surface area contributed by atoms with Crippen molar-refractivity contribution in [3.8, 4) is 0 Å². The lowest BCUT2D eigenvalue weighted by molar-refractivity contribution is 0.181. The van der Waals surface area contributed by atoms with E-state index in [1.807, 2.05) is 6.20 Å². The van der Waals surface area contributed by atoms with Crippen molar-refractivity contribution < 1.29 is 0 Å². The molecular formula is C14H23N3. The molecule has 1 saturated heterocycles. The van der Waals surface area contributed by atoms with Crippen LogP contribution in [0, 0.1) is 12.8 Å². The standard InChI is InChI=1S/C14H23N3/c1-10(2)17-7-6-12(8-15)14(17)13-5-4-11(3)9-16-13/h4-5,9-10,12,14H,6-8,15H2,1-3H3. The fraction of sp³-hybridized carbons (Fsp3) is 0.643.